The van der Waals surface area contributed by atoms with Crippen LogP contribution in [0.4, 0.5) is 5.82 Å². The van der Waals surface area contributed by atoms with Crippen molar-refractivity contribution in [1.82, 2.24) is 24.5 Å². The fourth-order valence-corrected chi connectivity index (χ4v) is 5.25. The maximum absolute atomic E-state index is 14.3. The molecule has 0 spiro atoms. The third-order valence-corrected chi connectivity index (χ3v) is 7.06. The number of benzene rings is 2. The summed E-state index contributed by atoms with van der Waals surface area (Å²) in [6.07, 6.45) is 5.12. The van der Waals surface area contributed by atoms with Crippen molar-refractivity contribution >= 4 is 38.3 Å². The number of fused-ring (bicyclic) bond motifs is 2. The molecule has 7 nitrogen and oxygen atoms in total. The quantitative estimate of drug-likeness (QED) is 0.322. The highest BCUT2D eigenvalue weighted by atomic mass is 32.1. The predicted octanol–water partition coefficient (Wildman–Crippen LogP) is 5.93. The molecule has 36 heavy (non-hydrogen) atoms. The zero-order chi connectivity index (χ0) is 24.6. The lowest BCUT2D eigenvalue weighted by Crippen LogP contribution is -2.26. The predicted molar refractivity (Wildman–Crippen MR) is 145 cm³/mol. The van der Waals surface area contributed by atoms with Crippen molar-refractivity contribution in [2.75, 3.05) is 5.32 Å². The molecule has 4 aromatic heterocycles. The topological polar surface area (TPSA) is 85.6 Å². The van der Waals surface area contributed by atoms with Crippen LogP contribution in [0.2, 0.25) is 0 Å². The lowest BCUT2D eigenvalue weighted by molar-refractivity contribution is 0.774. The first kappa shape index (κ1) is 22.1. The van der Waals surface area contributed by atoms with Gasteiger partial charge < -0.3 is 5.32 Å². The Morgan fingerprint density at radius 2 is 1.83 bits per heavy atom. The number of nitrogens with one attached hydrogen (secondary N) is 1. The smallest absolute Gasteiger partial charge is 0.263 e. The molecule has 8 heteroatoms. The van der Waals surface area contributed by atoms with Crippen LogP contribution in [-0.2, 0) is 0 Å². The molecule has 0 bridgehead atoms. The Balaban J connectivity index is 1.59. The van der Waals surface area contributed by atoms with Gasteiger partial charge in [-0.15, -0.1) is 11.3 Å². The van der Waals surface area contributed by atoms with Crippen LogP contribution in [0.1, 0.15) is 24.2 Å². The second kappa shape index (κ2) is 8.98. The van der Waals surface area contributed by atoms with Gasteiger partial charge in [-0.05, 0) is 60.2 Å². The van der Waals surface area contributed by atoms with Gasteiger partial charge in [0.1, 0.15) is 16.7 Å². The number of hydrogen-bond acceptors (Lipinski definition) is 7. The van der Waals surface area contributed by atoms with E-state index in [1.807, 2.05) is 74.6 Å². The number of thiazole rings is 1. The molecule has 0 saturated heterocycles. The highest BCUT2D eigenvalue weighted by Crippen LogP contribution is 2.32. The van der Waals surface area contributed by atoms with Crippen molar-refractivity contribution in [3.8, 4) is 16.8 Å². The van der Waals surface area contributed by atoms with E-state index < -0.39 is 0 Å². The summed E-state index contributed by atoms with van der Waals surface area (Å²) in [7, 11) is 0. The third-order valence-electron chi connectivity index (χ3n) is 6.33. The fourth-order valence-electron chi connectivity index (χ4n) is 4.62. The minimum Gasteiger partial charge on any atom is -0.360 e. The molecule has 0 aliphatic rings. The van der Waals surface area contributed by atoms with E-state index in [-0.39, 0.29) is 11.6 Å². The number of pyridine rings is 2. The number of para-hydroxylation sites is 1. The van der Waals surface area contributed by atoms with Crippen LogP contribution in [-0.4, -0.2) is 24.5 Å². The highest BCUT2D eigenvalue weighted by molar-refractivity contribution is 7.16. The van der Waals surface area contributed by atoms with Crippen molar-refractivity contribution in [3.63, 3.8) is 0 Å². The summed E-state index contributed by atoms with van der Waals surface area (Å²) in [4.78, 5) is 32.4. The van der Waals surface area contributed by atoms with Gasteiger partial charge in [0.05, 0.1) is 16.9 Å². The zero-order valence-electron chi connectivity index (χ0n) is 19.7. The lowest BCUT2D eigenvalue weighted by Gasteiger charge is -2.22. The van der Waals surface area contributed by atoms with Gasteiger partial charge in [-0.25, -0.2) is 15.0 Å². The Morgan fingerprint density at radius 1 is 0.972 bits per heavy atom. The van der Waals surface area contributed by atoms with E-state index in [2.05, 4.69) is 31.3 Å². The molecule has 2 aromatic carbocycles. The summed E-state index contributed by atoms with van der Waals surface area (Å²) >= 11 is 1.47. The summed E-state index contributed by atoms with van der Waals surface area (Å²) < 4.78 is 1.79. The van der Waals surface area contributed by atoms with Gasteiger partial charge in [0.15, 0.2) is 5.82 Å². The number of nitrogens with zero attached hydrogens (tertiary/aromatic N) is 5. The molecule has 6 rings (SSSR count). The molecule has 176 valence electrons. The van der Waals surface area contributed by atoms with Gasteiger partial charge in [0, 0.05) is 23.8 Å². The number of aryl methyl sites for hydroxylation is 1. The summed E-state index contributed by atoms with van der Waals surface area (Å²) in [5.41, 5.74) is 6.95. The molecule has 0 aliphatic heterocycles. The molecule has 0 fully saturated rings. The Labute approximate surface area is 211 Å². The molecule has 1 atom stereocenters. The fraction of sp³-hybridized carbons (Fsp3) is 0.107. The Bertz CT molecular complexity index is 1780. The largest absolute Gasteiger partial charge is 0.360 e. The van der Waals surface area contributed by atoms with E-state index in [0.717, 1.165) is 43.8 Å². The first-order valence-electron chi connectivity index (χ1n) is 11.6. The molecule has 0 unspecified atom stereocenters. The summed E-state index contributed by atoms with van der Waals surface area (Å²) in [5.74, 6) is 0.641. The summed E-state index contributed by atoms with van der Waals surface area (Å²) in [5, 5.41) is 5.03. The summed E-state index contributed by atoms with van der Waals surface area (Å²) in [6.45, 7) is 4.04. The van der Waals surface area contributed by atoms with Crippen molar-refractivity contribution in [3.05, 3.63) is 107 Å². The van der Waals surface area contributed by atoms with Crippen LogP contribution >= 0.6 is 11.3 Å². The van der Waals surface area contributed by atoms with Crippen LogP contribution in [0.25, 0.3) is 37.9 Å². The van der Waals surface area contributed by atoms with Crippen LogP contribution in [0.3, 0.4) is 0 Å². The van der Waals surface area contributed by atoms with Crippen molar-refractivity contribution in [1.29, 1.82) is 0 Å². The Kier molecular flexibility index (Phi) is 5.50. The van der Waals surface area contributed by atoms with Gasteiger partial charge in [0.2, 0.25) is 0 Å². The SMILES string of the molecule is Cc1cnccc1-c1cccc2cc([C@H](C)Nc3ncnc4scnc34)n(-c3ccccc3)c(=O)c12. The average Bonchev–Trinajstić information content (AvgIpc) is 3.39. The van der Waals surface area contributed by atoms with Crippen molar-refractivity contribution < 1.29 is 0 Å². The second-order valence-electron chi connectivity index (χ2n) is 8.60. The minimum atomic E-state index is -0.242. The summed E-state index contributed by atoms with van der Waals surface area (Å²) in [6, 6.07) is 19.5. The van der Waals surface area contributed by atoms with E-state index in [4.69, 9.17) is 0 Å². The van der Waals surface area contributed by atoms with E-state index in [0.29, 0.717) is 11.2 Å². The maximum atomic E-state index is 14.3. The lowest BCUT2D eigenvalue weighted by atomic mass is 9.96. The van der Waals surface area contributed by atoms with Gasteiger partial charge in [-0.2, -0.15) is 0 Å². The Hall–Kier alpha value is -4.43. The van der Waals surface area contributed by atoms with Gasteiger partial charge in [-0.1, -0.05) is 36.4 Å². The van der Waals surface area contributed by atoms with E-state index in [1.165, 1.54) is 17.7 Å². The normalized spacial score (nSPS) is 12.2. The molecule has 4 heterocycles. The van der Waals surface area contributed by atoms with Gasteiger partial charge in [0.25, 0.3) is 5.56 Å². The number of anilines is 1. The standard InChI is InChI=1S/C28H22N6OS/c1-17-14-29-12-11-21(17)22-10-6-7-19-13-23(34(28(35)24(19)22)20-8-4-3-5-9-20)18(2)33-26-25-27(31-15-30-26)36-16-32-25/h3-16,18H,1-2H3,(H,30,31,33)/t18-/m0/s1. The molecule has 0 aliphatic carbocycles. The van der Waals surface area contributed by atoms with E-state index in [1.54, 1.807) is 16.3 Å². The molecule has 1 N–H and O–H groups in total. The zero-order valence-corrected chi connectivity index (χ0v) is 20.5. The van der Waals surface area contributed by atoms with E-state index >= 15 is 0 Å². The van der Waals surface area contributed by atoms with Crippen LogP contribution in [0.15, 0.2) is 89.7 Å². The number of rotatable bonds is 5. The molecular formula is C28H22N6OS. The first-order chi connectivity index (χ1) is 17.6. The minimum absolute atomic E-state index is 0.0735. The van der Waals surface area contributed by atoms with Gasteiger partial charge in [-0.3, -0.25) is 14.3 Å². The highest BCUT2D eigenvalue weighted by Gasteiger charge is 2.20. The average molecular weight is 491 g/mol. The van der Waals surface area contributed by atoms with Crippen LogP contribution < -0.4 is 10.9 Å². The molecular weight excluding hydrogens is 468 g/mol. The molecule has 6 aromatic rings. The maximum Gasteiger partial charge on any atom is 0.263 e. The van der Waals surface area contributed by atoms with Crippen molar-refractivity contribution in [2.45, 2.75) is 19.9 Å². The van der Waals surface area contributed by atoms with E-state index in [9.17, 15) is 4.79 Å². The first-order valence-corrected chi connectivity index (χ1v) is 12.5. The number of aromatic nitrogens is 5. The van der Waals surface area contributed by atoms with Gasteiger partial charge >= 0.3 is 0 Å². The van der Waals surface area contributed by atoms with Crippen LogP contribution in [0, 0.1) is 6.92 Å². The van der Waals surface area contributed by atoms with Crippen LogP contribution in [0.5, 0.6) is 0 Å². The monoisotopic (exact) mass is 490 g/mol. The molecule has 0 amide bonds. The number of hydrogen-bond donors (Lipinski definition) is 1. The Morgan fingerprint density at radius 3 is 2.67 bits per heavy atom. The van der Waals surface area contributed by atoms with Crippen molar-refractivity contribution in [2.24, 2.45) is 0 Å². The molecule has 0 radical (unpaired) electrons. The molecule has 0 saturated carbocycles. The second-order valence-corrected chi connectivity index (χ2v) is 9.43. The third kappa shape index (κ3) is 3.72.